The minimum absolute atomic E-state index is 0.815. The van der Waals surface area contributed by atoms with Crippen LogP contribution in [-0.4, -0.2) is 37.1 Å². The van der Waals surface area contributed by atoms with E-state index in [9.17, 15) is 0 Å². The highest BCUT2D eigenvalue weighted by atomic mass is 15.1. The van der Waals surface area contributed by atoms with Crippen LogP contribution >= 0.6 is 0 Å². The van der Waals surface area contributed by atoms with Gasteiger partial charge in [0.05, 0.1) is 0 Å². The number of likely N-dealkylation sites (tertiary alicyclic amines) is 1. The highest BCUT2D eigenvalue weighted by molar-refractivity contribution is 4.76. The minimum Gasteiger partial charge on any atom is -0.313 e. The molecule has 0 aromatic heterocycles. The zero-order valence-corrected chi connectivity index (χ0v) is 13.2. The first kappa shape index (κ1) is 15.3. The van der Waals surface area contributed by atoms with Gasteiger partial charge in [0, 0.05) is 19.1 Å². The summed E-state index contributed by atoms with van der Waals surface area (Å²) in [5, 5.41) is 3.80. The summed E-state index contributed by atoms with van der Waals surface area (Å²) in [6, 6.07) is 0.815. The van der Waals surface area contributed by atoms with E-state index in [1.165, 1.54) is 77.5 Å². The Hall–Kier alpha value is -0.0800. The molecule has 2 nitrogen and oxygen atoms in total. The predicted octanol–water partition coefficient (Wildman–Crippen LogP) is 3.67. The molecule has 0 unspecified atom stereocenters. The molecule has 0 aromatic rings. The molecule has 1 N–H and O–H groups in total. The van der Waals surface area contributed by atoms with E-state index in [-0.39, 0.29) is 0 Å². The van der Waals surface area contributed by atoms with Crippen molar-refractivity contribution in [3.8, 4) is 0 Å². The van der Waals surface area contributed by atoms with Gasteiger partial charge in [-0.3, -0.25) is 0 Å². The van der Waals surface area contributed by atoms with Gasteiger partial charge in [0.2, 0.25) is 0 Å². The van der Waals surface area contributed by atoms with Gasteiger partial charge < -0.3 is 10.2 Å². The van der Waals surface area contributed by atoms with E-state index < -0.39 is 0 Å². The molecule has 2 fully saturated rings. The topological polar surface area (TPSA) is 15.3 Å². The van der Waals surface area contributed by atoms with Gasteiger partial charge in [-0.1, -0.05) is 39.5 Å². The van der Waals surface area contributed by atoms with Crippen molar-refractivity contribution in [2.24, 2.45) is 11.8 Å². The molecule has 2 rings (SSSR count). The van der Waals surface area contributed by atoms with Crippen molar-refractivity contribution in [2.45, 2.75) is 71.3 Å². The SMILES string of the molecule is CC(C)C1CCN(CCNC2CCCCCC2)CC1. The molecule has 0 atom stereocenters. The molecule has 1 saturated carbocycles. The molecule has 1 saturated heterocycles. The van der Waals surface area contributed by atoms with E-state index in [0.29, 0.717) is 0 Å². The first-order valence-electron chi connectivity index (χ1n) is 8.71. The van der Waals surface area contributed by atoms with Crippen LogP contribution in [0, 0.1) is 11.8 Å². The molecule has 0 bridgehead atoms. The minimum atomic E-state index is 0.815. The Balaban J connectivity index is 1.56. The van der Waals surface area contributed by atoms with Crippen LogP contribution in [0.2, 0.25) is 0 Å². The summed E-state index contributed by atoms with van der Waals surface area (Å²) in [5.74, 6) is 1.86. The molecular formula is C17H34N2. The van der Waals surface area contributed by atoms with Crippen LogP contribution in [0.5, 0.6) is 0 Å². The molecule has 19 heavy (non-hydrogen) atoms. The molecule has 1 heterocycles. The third-order valence-corrected chi connectivity index (χ3v) is 5.29. The third kappa shape index (κ3) is 5.43. The summed E-state index contributed by atoms with van der Waals surface area (Å²) in [6.07, 6.45) is 11.5. The smallest absolute Gasteiger partial charge is 0.0107 e. The maximum absolute atomic E-state index is 3.80. The van der Waals surface area contributed by atoms with E-state index in [4.69, 9.17) is 0 Å². The maximum Gasteiger partial charge on any atom is 0.0107 e. The fraction of sp³-hybridized carbons (Fsp3) is 1.00. The first-order chi connectivity index (χ1) is 9.25. The van der Waals surface area contributed by atoms with Gasteiger partial charge in [0.15, 0.2) is 0 Å². The molecule has 0 aromatic carbocycles. The van der Waals surface area contributed by atoms with Gasteiger partial charge in [-0.15, -0.1) is 0 Å². The highest BCUT2D eigenvalue weighted by Gasteiger charge is 2.21. The van der Waals surface area contributed by atoms with E-state index in [2.05, 4.69) is 24.1 Å². The molecular weight excluding hydrogens is 232 g/mol. The van der Waals surface area contributed by atoms with Crippen molar-refractivity contribution in [1.82, 2.24) is 10.2 Å². The number of nitrogens with zero attached hydrogens (tertiary/aromatic N) is 1. The van der Waals surface area contributed by atoms with Crippen molar-refractivity contribution >= 4 is 0 Å². The van der Waals surface area contributed by atoms with Crippen LogP contribution in [0.25, 0.3) is 0 Å². The van der Waals surface area contributed by atoms with E-state index in [1.54, 1.807) is 0 Å². The molecule has 2 heteroatoms. The summed E-state index contributed by atoms with van der Waals surface area (Å²) >= 11 is 0. The standard InChI is InChI=1S/C17H34N2/c1-15(2)16-9-12-19(13-10-16)14-11-18-17-7-5-3-4-6-8-17/h15-18H,3-14H2,1-2H3. The fourth-order valence-corrected chi connectivity index (χ4v) is 3.75. The number of rotatable bonds is 5. The lowest BCUT2D eigenvalue weighted by Crippen LogP contribution is -2.41. The van der Waals surface area contributed by atoms with E-state index in [1.807, 2.05) is 0 Å². The Bertz CT molecular complexity index is 223. The molecule has 0 radical (unpaired) electrons. The summed E-state index contributed by atoms with van der Waals surface area (Å²) < 4.78 is 0. The fourth-order valence-electron chi connectivity index (χ4n) is 3.75. The lowest BCUT2D eigenvalue weighted by atomic mass is 9.87. The molecule has 0 amide bonds. The molecule has 2 aliphatic rings. The Kier molecular flexibility index (Phi) is 6.66. The highest BCUT2D eigenvalue weighted by Crippen LogP contribution is 2.24. The lowest BCUT2D eigenvalue weighted by Gasteiger charge is -2.34. The zero-order valence-electron chi connectivity index (χ0n) is 13.2. The Morgan fingerprint density at radius 1 is 0.947 bits per heavy atom. The van der Waals surface area contributed by atoms with Crippen LogP contribution in [0.1, 0.15) is 65.2 Å². The van der Waals surface area contributed by atoms with Crippen LogP contribution in [0.4, 0.5) is 0 Å². The summed E-state index contributed by atoms with van der Waals surface area (Å²) in [5.41, 5.74) is 0. The second kappa shape index (κ2) is 8.26. The van der Waals surface area contributed by atoms with Crippen LogP contribution < -0.4 is 5.32 Å². The predicted molar refractivity (Wildman–Crippen MR) is 83.5 cm³/mol. The number of piperidine rings is 1. The van der Waals surface area contributed by atoms with Crippen LogP contribution in [0.15, 0.2) is 0 Å². The van der Waals surface area contributed by atoms with Crippen molar-refractivity contribution in [3.63, 3.8) is 0 Å². The first-order valence-corrected chi connectivity index (χ1v) is 8.71. The quantitative estimate of drug-likeness (QED) is 0.764. The Morgan fingerprint density at radius 3 is 2.16 bits per heavy atom. The Labute approximate surface area is 120 Å². The summed E-state index contributed by atoms with van der Waals surface area (Å²) in [6.45, 7) is 9.89. The largest absolute Gasteiger partial charge is 0.313 e. The van der Waals surface area contributed by atoms with Crippen molar-refractivity contribution in [2.75, 3.05) is 26.2 Å². The van der Waals surface area contributed by atoms with Gasteiger partial charge in [-0.25, -0.2) is 0 Å². The second-order valence-electron chi connectivity index (χ2n) is 7.07. The average Bonchev–Trinajstić information content (AvgIpc) is 2.68. The monoisotopic (exact) mass is 266 g/mol. The lowest BCUT2D eigenvalue weighted by molar-refractivity contribution is 0.157. The average molecular weight is 266 g/mol. The molecule has 0 spiro atoms. The van der Waals surface area contributed by atoms with Crippen molar-refractivity contribution in [3.05, 3.63) is 0 Å². The zero-order chi connectivity index (χ0) is 13.5. The van der Waals surface area contributed by atoms with Gasteiger partial charge >= 0.3 is 0 Å². The second-order valence-corrected chi connectivity index (χ2v) is 7.07. The normalized spacial score (nSPS) is 24.8. The van der Waals surface area contributed by atoms with Crippen molar-refractivity contribution in [1.29, 1.82) is 0 Å². The summed E-state index contributed by atoms with van der Waals surface area (Å²) in [4.78, 5) is 2.67. The van der Waals surface area contributed by atoms with Gasteiger partial charge in [0.25, 0.3) is 0 Å². The Morgan fingerprint density at radius 2 is 1.58 bits per heavy atom. The van der Waals surface area contributed by atoms with E-state index >= 15 is 0 Å². The van der Waals surface area contributed by atoms with Crippen molar-refractivity contribution < 1.29 is 0 Å². The number of hydrogen-bond donors (Lipinski definition) is 1. The molecule has 112 valence electrons. The number of hydrogen-bond acceptors (Lipinski definition) is 2. The molecule has 1 aliphatic heterocycles. The number of nitrogens with one attached hydrogen (secondary N) is 1. The molecule has 1 aliphatic carbocycles. The van der Waals surface area contributed by atoms with Gasteiger partial charge in [0.1, 0.15) is 0 Å². The third-order valence-electron chi connectivity index (χ3n) is 5.29. The van der Waals surface area contributed by atoms with E-state index in [0.717, 1.165) is 17.9 Å². The van der Waals surface area contributed by atoms with Gasteiger partial charge in [-0.2, -0.15) is 0 Å². The van der Waals surface area contributed by atoms with Gasteiger partial charge in [-0.05, 0) is 50.6 Å². The summed E-state index contributed by atoms with van der Waals surface area (Å²) in [7, 11) is 0. The van der Waals surface area contributed by atoms with Crippen LogP contribution in [-0.2, 0) is 0 Å². The van der Waals surface area contributed by atoms with Crippen LogP contribution in [0.3, 0.4) is 0 Å². The maximum atomic E-state index is 3.80.